The third-order valence-electron chi connectivity index (χ3n) is 6.42. The van der Waals surface area contributed by atoms with Gasteiger partial charge in [-0.05, 0) is 45.4 Å². The molecule has 1 amide bonds. The SMILES string of the molecule is CC1(C)OB(c2cnc(N)c(-c3ccc(C(=O)NC(CO)c4ccccc4)cc3)n2)OC1(C)C. The maximum Gasteiger partial charge on any atom is 0.516 e. The molecule has 2 heterocycles. The minimum Gasteiger partial charge on any atom is -0.398 e. The molecule has 4 N–H and O–H groups in total. The highest BCUT2D eigenvalue weighted by molar-refractivity contribution is 6.61. The highest BCUT2D eigenvalue weighted by Crippen LogP contribution is 2.36. The molecule has 0 bridgehead atoms. The first-order chi connectivity index (χ1) is 16.1. The van der Waals surface area contributed by atoms with Gasteiger partial charge in [0.05, 0.1) is 29.4 Å². The van der Waals surface area contributed by atoms with E-state index in [0.717, 1.165) is 5.56 Å². The summed E-state index contributed by atoms with van der Waals surface area (Å²) in [6.45, 7) is 7.69. The van der Waals surface area contributed by atoms with Crippen LogP contribution in [0.4, 0.5) is 5.82 Å². The van der Waals surface area contributed by atoms with Crippen LogP contribution in [0, 0.1) is 0 Å². The number of benzene rings is 2. The first kappa shape index (κ1) is 23.9. The molecule has 0 spiro atoms. The van der Waals surface area contributed by atoms with Crippen LogP contribution in [-0.2, 0) is 9.31 Å². The number of amides is 1. The number of aliphatic hydroxyl groups is 1. The van der Waals surface area contributed by atoms with Crippen molar-refractivity contribution >= 4 is 24.4 Å². The predicted octanol–water partition coefficient (Wildman–Crippen LogP) is 2.49. The number of anilines is 1. The van der Waals surface area contributed by atoms with Crippen LogP contribution < -0.4 is 16.6 Å². The van der Waals surface area contributed by atoms with E-state index in [-0.39, 0.29) is 18.3 Å². The Morgan fingerprint density at radius 2 is 1.68 bits per heavy atom. The zero-order valence-corrected chi connectivity index (χ0v) is 19.8. The van der Waals surface area contributed by atoms with Crippen molar-refractivity contribution in [3.05, 3.63) is 71.9 Å². The smallest absolute Gasteiger partial charge is 0.398 e. The highest BCUT2D eigenvalue weighted by atomic mass is 16.7. The van der Waals surface area contributed by atoms with Gasteiger partial charge in [0.15, 0.2) is 0 Å². The van der Waals surface area contributed by atoms with E-state index in [9.17, 15) is 9.90 Å². The van der Waals surface area contributed by atoms with E-state index >= 15 is 0 Å². The summed E-state index contributed by atoms with van der Waals surface area (Å²) in [7, 11) is -0.657. The van der Waals surface area contributed by atoms with Crippen molar-refractivity contribution in [3.63, 3.8) is 0 Å². The molecule has 9 heteroatoms. The Morgan fingerprint density at radius 1 is 1.06 bits per heavy atom. The van der Waals surface area contributed by atoms with Gasteiger partial charge in [-0.15, -0.1) is 0 Å². The van der Waals surface area contributed by atoms with Crippen molar-refractivity contribution < 1.29 is 19.2 Å². The molecule has 0 radical (unpaired) electrons. The Bertz CT molecular complexity index is 1150. The summed E-state index contributed by atoms with van der Waals surface area (Å²) >= 11 is 0. The lowest BCUT2D eigenvalue weighted by molar-refractivity contribution is 0.00578. The Kier molecular flexibility index (Phi) is 6.44. The second-order valence-electron chi connectivity index (χ2n) is 9.31. The molecule has 1 aromatic heterocycles. The fourth-order valence-corrected chi connectivity index (χ4v) is 3.64. The molecule has 1 aliphatic heterocycles. The first-order valence-corrected chi connectivity index (χ1v) is 11.2. The van der Waals surface area contributed by atoms with E-state index in [1.54, 1.807) is 30.5 Å². The second kappa shape index (κ2) is 9.17. The minimum atomic E-state index is -0.657. The molecule has 1 fully saturated rings. The summed E-state index contributed by atoms with van der Waals surface area (Å²) in [5, 5.41) is 12.6. The lowest BCUT2D eigenvalue weighted by atomic mass is 9.85. The summed E-state index contributed by atoms with van der Waals surface area (Å²) in [4.78, 5) is 21.7. The summed E-state index contributed by atoms with van der Waals surface area (Å²) in [5.41, 5.74) is 8.12. The average molecular weight is 460 g/mol. The molecule has 4 rings (SSSR count). The monoisotopic (exact) mass is 460 g/mol. The number of nitrogens with two attached hydrogens (primary N) is 1. The number of rotatable bonds is 6. The summed E-state index contributed by atoms with van der Waals surface area (Å²) in [6, 6.07) is 15.7. The summed E-state index contributed by atoms with van der Waals surface area (Å²) in [6.07, 6.45) is 1.56. The van der Waals surface area contributed by atoms with E-state index in [1.165, 1.54) is 0 Å². The van der Waals surface area contributed by atoms with Crippen molar-refractivity contribution in [2.24, 2.45) is 0 Å². The van der Waals surface area contributed by atoms with Crippen molar-refractivity contribution in [3.8, 4) is 11.3 Å². The van der Waals surface area contributed by atoms with Gasteiger partial charge >= 0.3 is 7.12 Å². The van der Waals surface area contributed by atoms with Gasteiger partial charge in [0.25, 0.3) is 5.91 Å². The van der Waals surface area contributed by atoms with Crippen LogP contribution in [0.3, 0.4) is 0 Å². The molecule has 0 saturated carbocycles. The number of aliphatic hydroxyl groups excluding tert-OH is 1. The van der Waals surface area contributed by atoms with Crippen LogP contribution in [0.15, 0.2) is 60.8 Å². The number of aromatic nitrogens is 2. The number of carbonyl (C=O) groups excluding carboxylic acids is 1. The van der Waals surface area contributed by atoms with Gasteiger partial charge in [0.1, 0.15) is 11.5 Å². The van der Waals surface area contributed by atoms with Crippen LogP contribution in [0.25, 0.3) is 11.3 Å². The van der Waals surface area contributed by atoms with Gasteiger partial charge in [-0.1, -0.05) is 42.5 Å². The van der Waals surface area contributed by atoms with Gasteiger partial charge in [0, 0.05) is 17.3 Å². The van der Waals surface area contributed by atoms with Gasteiger partial charge in [-0.25, -0.2) is 4.98 Å². The fraction of sp³-hybridized carbons (Fsp3) is 0.320. The molecule has 8 nitrogen and oxygen atoms in total. The van der Waals surface area contributed by atoms with Crippen molar-refractivity contribution in [1.29, 1.82) is 0 Å². The Hall–Kier alpha value is -3.27. The van der Waals surface area contributed by atoms with Gasteiger partial charge in [-0.2, -0.15) is 0 Å². The summed E-state index contributed by atoms with van der Waals surface area (Å²) in [5.74, 6) is -0.0265. The minimum absolute atomic E-state index is 0.203. The van der Waals surface area contributed by atoms with Gasteiger partial charge in [-0.3, -0.25) is 9.78 Å². The van der Waals surface area contributed by atoms with E-state index < -0.39 is 24.4 Å². The maximum atomic E-state index is 12.7. The first-order valence-electron chi connectivity index (χ1n) is 11.2. The molecule has 2 aromatic carbocycles. The van der Waals surface area contributed by atoms with E-state index in [2.05, 4.69) is 15.3 Å². The number of hydrogen-bond acceptors (Lipinski definition) is 7. The van der Waals surface area contributed by atoms with Crippen LogP contribution in [0.5, 0.6) is 0 Å². The number of carbonyl (C=O) groups is 1. The third-order valence-corrected chi connectivity index (χ3v) is 6.42. The van der Waals surface area contributed by atoms with Crippen molar-refractivity contribution in [1.82, 2.24) is 15.3 Å². The standard InChI is InChI=1S/C25H29BN4O4/c1-24(2)25(3,4)34-26(33-24)20-14-28-22(27)21(30-20)17-10-12-18(13-11-17)23(32)29-19(15-31)16-8-6-5-7-9-16/h5-14,19,31H,15H2,1-4H3,(H2,27,28)(H,29,32). The predicted molar refractivity (Wildman–Crippen MR) is 131 cm³/mol. The van der Waals surface area contributed by atoms with E-state index in [1.807, 2.05) is 58.0 Å². The van der Waals surface area contributed by atoms with Crippen LogP contribution in [0.1, 0.15) is 49.7 Å². The van der Waals surface area contributed by atoms with Crippen molar-refractivity contribution in [2.75, 3.05) is 12.3 Å². The van der Waals surface area contributed by atoms with Gasteiger partial charge < -0.3 is 25.5 Å². The zero-order chi connectivity index (χ0) is 24.5. The molecule has 1 atom stereocenters. The lowest BCUT2D eigenvalue weighted by Crippen LogP contribution is -2.41. The topological polar surface area (TPSA) is 120 Å². The Balaban J connectivity index is 1.53. The Labute approximate surface area is 199 Å². The molecule has 0 aliphatic carbocycles. The maximum absolute atomic E-state index is 12.7. The molecule has 1 unspecified atom stereocenters. The third kappa shape index (κ3) is 4.68. The molecule has 34 heavy (non-hydrogen) atoms. The normalized spacial score (nSPS) is 17.4. The quantitative estimate of drug-likeness (QED) is 0.484. The highest BCUT2D eigenvalue weighted by Gasteiger charge is 2.52. The van der Waals surface area contributed by atoms with Crippen LogP contribution in [0.2, 0.25) is 0 Å². The largest absolute Gasteiger partial charge is 0.516 e. The number of nitrogens with one attached hydrogen (secondary N) is 1. The molecule has 3 aromatic rings. The Morgan fingerprint density at radius 3 is 2.26 bits per heavy atom. The van der Waals surface area contributed by atoms with Crippen LogP contribution >= 0.6 is 0 Å². The van der Waals surface area contributed by atoms with E-state index in [4.69, 9.17) is 15.0 Å². The molecular weight excluding hydrogens is 431 g/mol. The summed E-state index contributed by atoms with van der Waals surface area (Å²) < 4.78 is 12.2. The zero-order valence-electron chi connectivity index (χ0n) is 19.8. The fourth-order valence-electron chi connectivity index (χ4n) is 3.64. The number of nitrogens with zero attached hydrogens (tertiary/aromatic N) is 2. The molecule has 1 saturated heterocycles. The molecule has 176 valence electrons. The molecular formula is C25H29BN4O4. The second-order valence-corrected chi connectivity index (χ2v) is 9.31. The average Bonchev–Trinajstić information content (AvgIpc) is 3.05. The van der Waals surface area contributed by atoms with E-state index in [0.29, 0.717) is 22.4 Å². The van der Waals surface area contributed by atoms with Crippen molar-refractivity contribution in [2.45, 2.75) is 44.9 Å². The number of nitrogen functional groups attached to an aromatic ring is 1. The van der Waals surface area contributed by atoms with Crippen LogP contribution in [-0.4, -0.2) is 45.9 Å². The molecule has 1 aliphatic rings. The lowest BCUT2D eigenvalue weighted by Gasteiger charge is -2.32. The van der Waals surface area contributed by atoms with Gasteiger partial charge in [0.2, 0.25) is 0 Å². The number of hydrogen-bond donors (Lipinski definition) is 3.